The van der Waals surface area contributed by atoms with E-state index in [-0.39, 0.29) is 26.1 Å². The lowest BCUT2D eigenvalue weighted by Gasteiger charge is -2.33. The van der Waals surface area contributed by atoms with E-state index < -0.39 is 17.5 Å². The van der Waals surface area contributed by atoms with Gasteiger partial charge < -0.3 is 10.2 Å². The van der Waals surface area contributed by atoms with Crippen molar-refractivity contribution >= 4 is 17.5 Å². The van der Waals surface area contributed by atoms with E-state index in [4.69, 9.17) is 11.6 Å². The Labute approximate surface area is 126 Å². The third-order valence-corrected chi connectivity index (χ3v) is 4.19. The molecule has 0 spiro atoms. The third-order valence-electron chi connectivity index (χ3n) is 3.82. The summed E-state index contributed by atoms with van der Waals surface area (Å²) in [6.07, 6.45) is -4.80. The van der Waals surface area contributed by atoms with Crippen molar-refractivity contribution in [3.63, 3.8) is 0 Å². The number of hydrogen-bond acceptors (Lipinski definition) is 2. The normalized spacial score (nSPS) is 22.3. The van der Waals surface area contributed by atoms with Gasteiger partial charge in [0.1, 0.15) is 0 Å². The first-order valence-corrected chi connectivity index (χ1v) is 6.92. The number of amides is 1. The lowest BCUT2D eigenvalue weighted by atomic mass is 9.84. The molecule has 1 aromatic carbocycles. The Bertz CT molecular complexity index is 527. The van der Waals surface area contributed by atoms with Gasteiger partial charge in [-0.1, -0.05) is 29.8 Å². The van der Waals surface area contributed by atoms with Crippen LogP contribution in [0.15, 0.2) is 24.3 Å². The topological polar surface area (TPSA) is 32.3 Å². The summed E-state index contributed by atoms with van der Waals surface area (Å²) in [5, 5.41) is 3.07. The van der Waals surface area contributed by atoms with Gasteiger partial charge in [0.2, 0.25) is 5.91 Å². The van der Waals surface area contributed by atoms with Gasteiger partial charge in [-0.15, -0.1) is 0 Å². The average Bonchev–Trinajstić information content (AvgIpc) is 2.90. The number of nitrogens with one attached hydrogen (secondary N) is 1. The van der Waals surface area contributed by atoms with Crippen LogP contribution in [0.25, 0.3) is 0 Å². The quantitative estimate of drug-likeness (QED) is 0.929. The second-order valence-electron chi connectivity index (χ2n) is 5.26. The van der Waals surface area contributed by atoms with Crippen LogP contribution in [-0.4, -0.2) is 37.1 Å². The van der Waals surface area contributed by atoms with Crippen LogP contribution in [0.3, 0.4) is 0 Å². The maximum atomic E-state index is 13.3. The smallest absolute Gasteiger partial charge is 0.341 e. The number of benzene rings is 1. The zero-order valence-electron chi connectivity index (χ0n) is 11.5. The Balaban J connectivity index is 2.20. The van der Waals surface area contributed by atoms with Gasteiger partial charge in [0, 0.05) is 25.2 Å². The van der Waals surface area contributed by atoms with Crippen molar-refractivity contribution in [1.82, 2.24) is 10.2 Å². The molecule has 116 valence electrons. The highest BCUT2D eigenvalue weighted by molar-refractivity contribution is 6.31. The summed E-state index contributed by atoms with van der Waals surface area (Å²) in [7, 11) is 1.37. The predicted molar refractivity (Wildman–Crippen MR) is 73.9 cm³/mol. The molecule has 0 bridgehead atoms. The molecule has 1 N–H and O–H groups in total. The van der Waals surface area contributed by atoms with Crippen molar-refractivity contribution in [1.29, 1.82) is 0 Å². The van der Waals surface area contributed by atoms with Crippen molar-refractivity contribution in [2.75, 3.05) is 20.1 Å². The molecule has 0 aromatic heterocycles. The second-order valence-corrected chi connectivity index (χ2v) is 5.67. The molecule has 0 radical (unpaired) electrons. The van der Waals surface area contributed by atoms with Crippen LogP contribution in [0.5, 0.6) is 0 Å². The highest BCUT2D eigenvalue weighted by atomic mass is 35.5. The van der Waals surface area contributed by atoms with Gasteiger partial charge in [0.15, 0.2) is 5.41 Å². The highest BCUT2D eigenvalue weighted by Crippen LogP contribution is 2.44. The van der Waals surface area contributed by atoms with E-state index in [0.29, 0.717) is 10.6 Å². The summed E-state index contributed by atoms with van der Waals surface area (Å²) in [6, 6.07) is 6.80. The first-order chi connectivity index (χ1) is 9.78. The average molecular weight is 321 g/mol. The maximum absolute atomic E-state index is 13.3. The van der Waals surface area contributed by atoms with Crippen LogP contribution in [0.1, 0.15) is 12.0 Å². The highest BCUT2D eigenvalue weighted by Gasteiger charge is 2.62. The molecule has 1 heterocycles. The summed E-state index contributed by atoms with van der Waals surface area (Å²) < 4.78 is 40.0. The monoisotopic (exact) mass is 320 g/mol. The van der Waals surface area contributed by atoms with Crippen molar-refractivity contribution in [2.24, 2.45) is 5.41 Å². The zero-order chi connectivity index (χ0) is 15.7. The Morgan fingerprint density at radius 2 is 2.10 bits per heavy atom. The van der Waals surface area contributed by atoms with Gasteiger partial charge in [-0.25, -0.2) is 0 Å². The number of alkyl halides is 3. The van der Waals surface area contributed by atoms with Crippen LogP contribution < -0.4 is 5.32 Å². The Morgan fingerprint density at radius 3 is 2.62 bits per heavy atom. The standard InChI is InChI=1S/C14H16ClF3N2O/c1-20(8-10-4-2-3-5-11(10)15)12(21)13(14(16,17)18)6-7-19-9-13/h2-5,19H,6-9H2,1H3. The van der Waals surface area contributed by atoms with Gasteiger partial charge in [-0.05, 0) is 24.6 Å². The fraction of sp³-hybridized carbons (Fsp3) is 0.500. The number of rotatable bonds is 3. The lowest BCUT2D eigenvalue weighted by Crippen LogP contribution is -2.52. The molecule has 1 aliphatic heterocycles. The van der Waals surface area contributed by atoms with E-state index >= 15 is 0 Å². The van der Waals surface area contributed by atoms with Crippen LogP contribution in [0.2, 0.25) is 5.02 Å². The van der Waals surface area contributed by atoms with Crippen LogP contribution in [0, 0.1) is 5.41 Å². The first-order valence-electron chi connectivity index (χ1n) is 6.54. The second kappa shape index (κ2) is 5.85. The van der Waals surface area contributed by atoms with E-state index in [1.807, 2.05) is 0 Å². The Kier molecular flexibility index (Phi) is 4.49. The molecule has 1 saturated heterocycles. The zero-order valence-corrected chi connectivity index (χ0v) is 12.3. The molecule has 0 aliphatic carbocycles. The fourth-order valence-electron chi connectivity index (χ4n) is 2.56. The summed E-state index contributed by atoms with van der Waals surface area (Å²) in [6.45, 7) is -0.135. The van der Waals surface area contributed by atoms with E-state index in [0.717, 1.165) is 4.90 Å². The molecule has 1 aromatic rings. The summed E-state index contributed by atoms with van der Waals surface area (Å²) in [5.41, 5.74) is -1.71. The number of hydrogen-bond donors (Lipinski definition) is 1. The molecule has 2 rings (SSSR count). The SMILES string of the molecule is CN(Cc1ccccc1Cl)C(=O)C1(C(F)(F)F)CCNC1. The third kappa shape index (κ3) is 3.01. The molecular formula is C14H16ClF3N2O. The molecular weight excluding hydrogens is 305 g/mol. The molecule has 1 atom stereocenters. The van der Waals surface area contributed by atoms with E-state index in [1.54, 1.807) is 24.3 Å². The molecule has 0 saturated carbocycles. The molecule has 1 unspecified atom stereocenters. The predicted octanol–water partition coefficient (Wildman–Crippen LogP) is 2.84. The molecule has 21 heavy (non-hydrogen) atoms. The van der Waals surface area contributed by atoms with Gasteiger partial charge in [0.25, 0.3) is 0 Å². The van der Waals surface area contributed by atoms with Gasteiger partial charge in [-0.3, -0.25) is 4.79 Å². The van der Waals surface area contributed by atoms with Crippen LogP contribution in [-0.2, 0) is 11.3 Å². The molecule has 1 fully saturated rings. The Hall–Kier alpha value is -1.27. The number of halogens is 4. The van der Waals surface area contributed by atoms with E-state index in [9.17, 15) is 18.0 Å². The number of carbonyl (C=O) groups excluding carboxylic acids is 1. The van der Waals surface area contributed by atoms with Crippen LogP contribution in [0.4, 0.5) is 13.2 Å². The van der Waals surface area contributed by atoms with Crippen LogP contribution >= 0.6 is 11.6 Å². The molecule has 1 aliphatic rings. The molecule has 7 heteroatoms. The van der Waals surface area contributed by atoms with Crippen molar-refractivity contribution in [3.05, 3.63) is 34.9 Å². The molecule has 1 amide bonds. The van der Waals surface area contributed by atoms with E-state index in [2.05, 4.69) is 5.32 Å². The minimum atomic E-state index is -4.57. The van der Waals surface area contributed by atoms with Crippen molar-refractivity contribution < 1.29 is 18.0 Å². The van der Waals surface area contributed by atoms with Crippen molar-refractivity contribution in [2.45, 2.75) is 19.1 Å². The van der Waals surface area contributed by atoms with Gasteiger partial charge in [0.05, 0.1) is 0 Å². The lowest BCUT2D eigenvalue weighted by molar-refractivity contribution is -0.221. The minimum Gasteiger partial charge on any atom is -0.341 e. The molecule has 3 nitrogen and oxygen atoms in total. The largest absolute Gasteiger partial charge is 0.404 e. The summed E-state index contributed by atoms with van der Waals surface area (Å²) in [4.78, 5) is 13.5. The first kappa shape index (κ1) is 16.1. The maximum Gasteiger partial charge on any atom is 0.404 e. The summed E-state index contributed by atoms with van der Waals surface area (Å²) >= 11 is 5.98. The number of carbonyl (C=O) groups is 1. The van der Waals surface area contributed by atoms with Crippen molar-refractivity contribution in [3.8, 4) is 0 Å². The van der Waals surface area contributed by atoms with Gasteiger partial charge >= 0.3 is 6.18 Å². The fourth-order valence-corrected chi connectivity index (χ4v) is 2.75. The number of nitrogens with zero attached hydrogens (tertiary/aromatic N) is 1. The van der Waals surface area contributed by atoms with E-state index in [1.165, 1.54) is 7.05 Å². The minimum absolute atomic E-state index is 0.0519. The summed E-state index contributed by atoms with van der Waals surface area (Å²) in [5.74, 6) is -0.917. The Morgan fingerprint density at radius 1 is 1.43 bits per heavy atom. The van der Waals surface area contributed by atoms with Gasteiger partial charge in [-0.2, -0.15) is 13.2 Å².